The fraction of sp³-hybridized carbons (Fsp3) is 0.409. The summed E-state index contributed by atoms with van der Waals surface area (Å²) in [5.74, 6) is 1.72. The maximum Gasteiger partial charge on any atom is 0.249 e. The number of hydrogen-bond acceptors (Lipinski definition) is 8. The lowest BCUT2D eigenvalue weighted by Crippen LogP contribution is -2.39. The number of carbonyl (C=O) groups excluding carboxylic acids is 1. The van der Waals surface area contributed by atoms with E-state index in [-0.39, 0.29) is 17.8 Å². The molecular weight excluding hydrogens is 442 g/mol. The van der Waals surface area contributed by atoms with Crippen molar-refractivity contribution < 1.29 is 4.79 Å². The van der Waals surface area contributed by atoms with Crippen LogP contribution < -0.4 is 21.1 Å². The fourth-order valence-corrected chi connectivity index (χ4v) is 7.02. The first-order chi connectivity index (χ1) is 15.6. The molecule has 2 aromatic heterocycles. The number of fused-ring (bicyclic) bond motifs is 8. The Morgan fingerprint density at radius 1 is 1.31 bits per heavy atom. The summed E-state index contributed by atoms with van der Waals surface area (Å²) in [7, 11) is 0. The van der Waals surface area contributed by atoms with Crippen molar-refractivity contribution in [3.05, 3.63) is 45.8 Å². The van der Waals surface area contributed by atoms with Gasteiger partial charge in [0.1, 0.15) is 11.2 Å². The predicted molar refractivity (Wildman–Crippen MR) is 127 cm³/mol. The van der Waals surface area contributed by atoms with Gasteiger partial charge in [-0.1, -0.05) is 36.4 Å². The van der Waals surface area contributed by atoms with Crippen molar-refractivity contribution in [2.24, 2.45) is 5.92 Å². The average molecular weight is 468 g/mol. The topological polar surface area (TPSA) is 87.1 Å². The van der Waals surface area contributed by atoms with Crippen LogP contribution in [0.5, 0.6) is 0 Å². The molecule has 166 valence electrons. The molecule has 6 rings (SSSR count). The molecule has 1 aromatic carbocycles. The van der Waals surface area contributed by atoms with Crippen molar-refractivity contribution in [3.8, 4) is 5.00 Å². The molecular formula is C22H25N7OS2. The van der Waals surface area contributed by atoms with Crippen LogP contribution in [-0.4, -0.2) is 33.1 Å². The summed E-state index contributed by atoms with van der Waals surface area (Å²) in [6.45, 7) is 5.06. The molecule has 3 N–H and O–H groups in total. The molecule has 10 heteroatoms. The second-order valence-electron chi connectivity index (χ2n) is 8.70. The van der Waals surface area contributed by atoms with E-state index in [9.17, 15) is 4.79 Å². The third-order valence-corrected chi connectivity index (χ3v) is 8.50. The van der Waals surface area contributed by atoms with Gasteiger partial charge in [0.05, 0.1) is 12.4 Å². The molecule has 4 heterocycles. The number of amides is 1. The number of thioether (sulfide) groups is 1. The van der Waals surface area contributed by atoms with E-state index in [1.54, 1.807) is 0 Å². The molecule has 3 aliphatic rings. The Morgan fingerprint density at radius 2 is 2.16 bits per heavy atom. The number of benzene rings is 1. The standard InChI is InChI=1S/C22H25N7OS2/c1-12-3-6-14(7-4-12)25-17(30)10-31-22-27-26-21-28(22)20-18(19-23-11-24-29(19)21)15-8-5-13(2)9-16(15)32-20/h3-4,6-7,13,19,23-24H,5,8-11H2,1-2H3,(H,25,30)/t13-,19?/m1/s1. The Hall–Kier alpha value is -2.40. The largest absolute Gasteiger partial charge is 0.325 e. The second kappa shape index (κ2) is 7.87. The SMILES string of the molecule is Cc1ccc(NC(=O)CSc2nnc3n2-c2sc4c(c2C2NCNN32)CC[C@@H](C)C4)cc1. The van der Waals surface area contributed by atoms with Crippen LogP contribution in [0, 0.1) is 12.8 Å². The van der Waals surface area contributed by atoms with E-state index in [1.807, 2.05) is 42.5 Å². The third kappa shape index (κ3) is 3.33. The quantitative estimate of drug-likeness (QED) is 0.507. The molecule has 2 atom stereocenters. The summed E-state index contributed by atoms with van der Waals surface area (Å²) >= 11 is 3.29. The number of rotatable bonds is 4. The number of hydrazine groups is 1. The summed E-state index contributed by atoms with van der Waals surface area (Å²) < 4.78 is 2.13. The van der Waals surface area contributed by atoms with Crippen LogP contribution in [0.2, 0.25) is 0 Å². The maximum atomic E-state index is 12.6. The molecule has 1 saturated heterocycles. The monoisotopic (exact) mass is 467 g/mol. The molecule has 0 radical (unpaired) electrons. The van der Waals surface area contributed by atoms with Gasteiger partial charge in [-0.3, -0.25) is 15.1 Å². The lowest BCUT2D eigenvalue weighted by Gasteiger charge is -2.31. The Bertz CT molecular complexity index is 1190. The second-order valence-corrected chi connectivity index (χ2v) is 10.7. The van der Waals surface area contributed by atoms with Crippen LogP contribution in [0.1, 0.15) is 41.1 Å². The lowest BCUT2D eigenvalue weighted by molar-refractivity contribution is -0.113. The number of aromatic nitrogens is 3. The van der Waals surface area contributed by atoms with Crippen molar-refractivity contribution in [2.75, 3.05) is 22.7 Å². The summed E-state index contributed by atoms with van der Waals surface area (Å²) in [6, 6.07) is 7.83. The molecule has 2 aliphatic heterocycles. The molecule has 0 spiro atoms. The van der Waals surface area contributed by atoms with E-state index in [0.717, 1.165) is 29.6 Å². The average Bonchev–Trinajstić information content (AvgIpc) is 3.49. The van der Waals surface area contributed by atoms with Gasteiger partial charge in [0.2, 0.25) is 11.9 Å². The maximum absolute atomic E-state index is 12.6. The Morgan fingerprint density at radius 3 is 3.00 bits per heavy atom. The third-order valence-electron chi connectivity index (χ3n) is 6.31. The molecule has 1 unspecified atom stereocenters. The van der Waals surface area contributed by atoms with Crippen molar-refractivity contribution >= 4 is 40.6 Å². The smallest absolute Gasteiger partial charge is 0.249 e. The Kier molecular flexibility index (Phi) is 4.98. The highest BCUT2D eigenvalue weighted by molar-refractivity contribution is 7.99. The lowest BCUT2D eigenvalue weighted by atomic mass is 9.87. The molecule has 0 saturated carbocycles. The molecule has 0 bridgehead atoms. The van der Waals surface area contributed by atoms with E-state index < -0.39 is 0 Å². The van der Waals surface area contributed by atoms with Gasteiger partial charge in [-0.2, -0.15) is 0 Å². The van der Waals surface area contributed by atoms with E-state index in [1.165, 1.54) is 44.8 Å². The molecule has 1 fully saturated rings. The number of nitrogens with one attached hydrogen (secondary N) is 3. The minimum Gasteiger partial charge on any atom is -0.325 e. The molecule has 32 heavy (non-hydrogen) atoms. The van der Waals surface area contributed by atoms with Crippen LogP contribution >= 0.6 is 23.1 Å². The van der Waals surface area contributed by atoms with Gasteiger partial charge in [-0.25, -0.2) is 9.99 Å². The first-order valence-corrected chi connectivity index (χ1v) is 12.7. The number of carbonyl (C=O) groups is 1. The van der Waals surface area contributed by atoms with Crippen molar-refractivity contribution in [1.82, 2.24) is 25.5 Å². The van der Waals surface area contributed by atoms with Crippen LogP contribution in [0.3, 0.4) is 0 Å². The minimum atomic E-state index is -0.0506. The number of hydrogen-bond donors (Lipinski definition) is 3. The zero-order valence-corrected chi connectivity index (χ0v) is 19.6. The van der Waals surface area contributed by atoms with Crippen molar-refractivity contribution in [2.45, 2.75) is 44.4 Å². The Labute approximate surface area is 194 Å². The minimum absolute atomic E-state index is 0.0506. The molecule has 1 amide bonds. The van der Waals surface area contributed by atoms with Gasteiger partial charge in [0, 0.05) is 16.1 Å². The highest BCUT2D eigenvalue weighted by Gasteiger charge is 2.42. The summed E-state index contributed by atoms with van der Waals surface area (Å²) in [4.78, 5) is 14.0. The van der Waals surface area contributed by atoms with Gasteiger partial charge in [0.25, 0.3) is 0 Å². The normalized spacial score (nSPS) is 21.0. The predicted octanol–water partition coefficient (Wildman–Crippen LogP) is 3.38. The van der Waals surface area contributed by atoms with Gasteiger partial charge >= 0.3 is 0 Å². The highest BCUT2D eigenvalue weighted by atomic mass is 32.2. The van der Waals surface area contributed by atoms with Crippen molar-refractivity contribution in [1.29, 1.82) is 0 Å². The summed E-state index contributed by atoms with van der Waals surface area (Å²) in [6.07, 6.45) is 3.56. The van der Waals surface area contributed by atoms with Gasteiger partial charge in [0.15, 0.2) is 5.16 Å². The van der Waals surface area contributed by atoms with Gasteiger partial charge in [-0.05, 0) is 49.8 Å². The number of anilines is 2. The molecule has 8 nitrogen and oxygen atoms in total. The zero-order valence-electron chi connectivity index (χ0n) is 18.0. The zero-order chi connectivity index (χ0) is 21.8. The molecule has 1 aliphatic carbocycles. The summed E-state index contributed by atoms with van der Waals surface area (Å²) in [5, 5.41) is 19.5. The number of nitrogens with zero attached hydrogens (tertiary/aromatic N) is 4. The number of thiophene rings is 1. The van der Waals surface area contributed by atoms with E-state index in [4.69, 9.17) is 0 Å². The van der Waals surface area contributed by atoms with Crippen LogP contribution in [0.4, 0.5) is 11.6 Å². The van der Waals surface area contributed by atoms with Gasteiger partial charge in [-0.15, -0.1) is 21.5 Å². The van der Waals surface area contributed by atoms with E-state index in [0.29, 0.717) is 12.6 Å². The molecule has 3 aromatic rings. The Balaban J connectivity index is 1.29. The van der Waals surface area contributed by atoms with E-state index in [2.05, 4.69) is 42.8 Å². The van der Waals surface area contributed by atoms with Crippen LogP contribution in [0.25, 0.3) is 5.00 Å². The fourth-order valence-electron chi connectivity index (χ4n) is 4.69. The summed E-state index contributed by atoms with van der Waals surface area (Å²) in [5.41, 5.74) is 8.20. The highest BCUT2D eigenvalue weighted by Crippen LogP contribution is 2.48. The first-order valence-electron chi connectivity index (χ1n) is 10.9. The first kappa shape index (κ1) is 20.2. The van der Waals surface area contributed by atoms with Crippen LogP contribution in [-0.2, 0) is 17.6 Å². The van der Waals surface area contributed by atoms with Crippen LogP contribution in [0.15, 0.2) is 29.4 Å². The van der Waals surface area contributed by atoms with Gasteiger partial charge < -0.3 is 5.32 Å². The van der Waals surface area contributed by atoms with E-state index >= 15 is 0 Å². The van der Waals surface area contributed by atoms with Crippen molar-refractivity contribution in [3.63, 3.8) is 0 Å². The number of aryl methyl sites for hydroxylation is 1.